The Labute approximate surface area is 118 Å². The Morgan fingerprint density at radius 3 is 2.78 bits per heavy atom. The lowest BCUT2D eigenvalue weighted by Gasteiger charge is -2.05. The van der Waals surface area contributed by atoms with Gasteiger partial charge < -0.3 is 4.98 Å². The molecule has 0 spiro atoms. The lowest BCUT2D eigenvalue weighted by molar-refractivity contribution is 1.06. The number of H-pyrrole nitrogens is 1. The van der Waals surface area contributed by atoms with Crippen molar-refractivity contribution in [1.82, 2.24) is 9.55 Å². The zero-order valence-electron chi connectivity index (χ0n) is 9.77. The van der Waals surface area contributed by atoms with Crippen molar-refractivity contribution in [3.8, 4) is 5.69 Å². The van der Waals surface area contributed by atoms with E-state index >= 15 is 0 Å². The highest BCUT2D eigenvalue weighted by Crippen LogP contribution is 2.22. The van der Waals surface area contributed by atoms with Crippen LogP contribution < -0.4 is 0 Å². The summed E-state index contributed by atoms with van der Waals surface area (Å²) in [5, 5.41) is 0. The molecule has 1 aromatic heterocycles. The van der Waals surface area contributed by atoms with Crippen LogP contribution in [0.25, 0.3) is 16.7 Å². The fraction of sp³-hybridized carbons (Fsp3) is 0.0714. The topological polar surface area (TPSA) is 20.7 Å². The number of aromatic amines is 1. The van der Waals surface area contributed by atoms with E-state index in [0.717, 1.165) is 21.2 Å². The third kappa shape index (κ3) is 1.91. The third-order valence-electron chi connectivity index (χ3n) is 2.91. The molecule has 3 aromatic rings. The summed E-state index contributed by atoms with van der Waals surface area (Å²) in [5.41, 5.74) is 4.45. The fourth-order valence-corrected chi connectivity index (χ4v) is 2.79. The van der Waals surface area contributed by atoms with Crippen LogP contribution in [0.5, 0.6) is 0 Å². The van der Waals surface area contributed by atoms with Gasteiger partial charge in [0.2, 0.25) is 0 Å². The summed E-state index contributed by atoms with van der Waals surface area (Å²) in [4.78, 5) is 3.23. The van der Waals surface area contributed by atoms with Crippen LogP contribution in [0.3, 0.4) is 0 Å². The van der Waals surface area contributed by atoms with E-state index in [1.54, 1.807) is 0 Å². The summed E-state index contributed by atoms with van der Waals surface area (Å²) >= 11 is 8.91. The number of aromatic nitrogens is 2. The molecule has 1 N–H and O–H groups in total. The Morgan fingerprint density at radius 2 is 2.00 bits per heavy atom. The summed E-state index contributed by atoms with van der Waals surface area (Å²) in [6.45, 7) is 2.08. The van der Waals surface area contributed by atoms with Gasteiger partial charge in [0.25, 0.3) is 0 Å². The Hall–Kier alpha value is -1.39. The van der Waals surface area contributed by atoms with Gasteiger partial charge in [-0.15, -0.1) is 0 Å². The maximum Gasteiger partial charge on any atom is 0.182 e. The lowest BCUT2D eigenvalue weighted by atomic mass is 10.2. The van der Waals surface area contributed by atoms with E-state index in [9.17, 15) is 0 Å². The molecule has 3 rings (SSSR count). The molecule has 0 bridgehead atoms. The Bertz CT molecular complexity index is 786. The first kappa shape index (κ1) is 11.7. The van der Waals surface area contributed by atoms with Crippen molar-refractivity contribution in [2.24, 2.45) is 0 Å². The molecule has 0 radical (unpaired) electrons. The Kier molecular flexibility index (Phi) is 2.84. The molecular weight excluding hydrogens is 308 g/mol. The van der Waals surface area contributed by atoms with E-state index in [-0.39, 0.29) is 0 Å². The molecule has 0 fully saturated rings. The predicted molar refractivity (Wildman–Crippen MR) is 80.9 cm³/mol. The van der Waals surface area contributed by atoms with Gasteiger partial charge in [-0.1, -0.05) is 28.1 Å². The Morgan fingerprint density at radius 1 is 1.17 bits per heavy atom. The van der Waals surface area contributed by atoms with Crippen molar-refractivity contribution >= 4 is 39.2 Å². The van der Waals surface area contributed by atoms with E-state index in [0.29, 0.717) is 4.77 Å². The van der Waals surface area contributed by atoms with Crippen molar-refractivity contribution in [1.29, 1.82) is 0 Å². The van der Waals surface area contributed by atoms with Gasteiger partial charge in [0.05, 0.1) is 11.0 Å². The summed E-state index contributed by atoms with van der Waals surface area (Å²) in [5.74, 6) is 0. The maximum atomic E-state index is 5.41. The monoisotopic (exact) mass is 318 g/mol. The van der Waals surface area contributed by atoms with Gasteiger partial charge >= 0.3 is 0 Å². The van der Waals surface area contributed by atoms with Gasteiger partial charge in [-0.25, -0.2) is 0 Å². The van der Waals surface area contributed by atoms with Crippen LogP contribution in [0.15, 0.2) is 46.9 Å². The molecule has 1 heterocycles. The zero-order valence-corrected chi connectivity index (χ0v) is 12.2. The average Bonchev–Trinajstić information content (AvgIpc) is 2.64. The third-order valence-corrected chi connectivity index (χ3v) is 3.68. The molecule has 2 aromatic carbocycles. The van der Waals surface area contributed by atoms with E-state index in [4.69, 9.17) is 12.2 Å². The molecular formula is C14H11BrN2S. The minimum atomic E-state index is 0.716. The quantitative estimate of drug-likeness (QED) is 0.641. The van der Waals surface area contributed by atoms with Crippen molar-refractivity contribution in [2.75, 3.05) is 0 Å². The second-order valence-corrected chi connectivity index (χ2v) is 5.57. The molecule has 4 heteroatoms. The van der Waals surface area contributed by atoms with Crippen LogP contribution in [-0.4, -0.2) is 9.55 Å². The average molecular weight is 319 g/mol. The number of nitrogens with zero attached hydrogens (tertiary/aromatic N) is 1. The first-order valence-electron chi connectivity index (χ1n) is 5.62. The van der Waals surface area contributed by atoms with Gasteiger partial charge in [-0.05, 0) is 55.0 Å². The summed E-state index contributed by atoms with van der Waals surface area (Å²) in [6.07, 6.45) is 0. The zero-order chi connectivity index (χ0) is 12.7. The molecule has 0 aliphatic heterocycles. The van der Waals surface area contributed by atoms with Gasteiger partial charge in [-0.3, -0.25) is 4.57 Å². The van der Waals surface area contributed by atoms with Crippen LogP contribution in [0.4, 0.5) is 0 Å². The number of benzene rings is 2. The van der Waals surface area contributed by atoms with Crippen LogP contribution in [0.2, 0.25) is 0 Å². The molecule has 0 unspecified atom stereocenters. The second-order valence-electron chi connectivity index (χ2n) is 4.27. The number of hydrogen-bond acceptors (Lipinski definition) is 1. The highest BCUT2D eigenvalue weighted by Gasteiger charge is 2.06. The molecule has 90 valence electrons. The molecule has 0 amide bonds. The highest BCUT2D eigenvalue weighted by atomic mass is 79.9. The molecule has 0 saturated heterocycles. The SMILES string of the molecule is Cc1ccc2[nH]c(=S)n(-c3cccc(Br)c3)c2c1. The first-order chi connectivity index (χ1) is 8.65. The molecule has 2 nitrogen and oxygen atoms in total. The fourth-order valence-electron chi connectivity index (χ4n) is 2.08. The van der Waals surface area contributed by atoms with Gasteiger partial charge in [0.15, 0.2) is 4.77 Å². The highest BCUT2D eigenvalue weighted by molar-refractivity contribution is 9.10. The number of hydrogen-bond donors (Lipinski definition) is 1. The number of aryl methyl sites for hydroxylation is 1. The van der Waals surface area contributed by atoms with Crippen LogP contribution in [0.1, 0.15) is 5.56 Å². The van der Waals surface area contributed by atoms with Crippen molar-refractivity contribution in [3.63, 3.8) is 0 Å². The van der Waals surface area contributed by atoms with E-state index < -0.39 is 0 Å². The Balaban J connectivity index is 2.38. The van der Waals surface area contributed by atoms with Crippen molar-refractivity contribution < 1.29 is 0 Å². The predicted octanol–water partition coefficient (Wildman–Crippen LogP) is 4.76. The lowest BCUT2D eigenvalue weighted by Crippen LogP contribution is -1.93. The van der Waals surface area contributed by atoms with Crippen molar-refractivity contribution in [3.05, 3.63) is 57.3 Å². The minimum Gasteiger partial charge on any atom is -0.330 e. The minimum absolute atomic E-state index is 0.716. The molecule has 0 saturated carbocycles. The van der Waals surface area contributed by atoms with Crippen LogP contribution in [-0.2, 0) is 0 Å². The molecule has 0 aliphatic rings. The van der Waals surface area contributed by atoms with Gasteiger partial charge in [-0.2, -0.15) is 0 Å². The van der Waals surface area contributed by atoms with Gasteiger partial charge in [0, 0.05) is 10.2 Å². The molecule has 0 aliphatic carbocycles. The summed E-state index contributed by atoms with van der Waals surface area (Å²) < 4.78 is 3.82. The first-order valence-corrected chi connectivity index (χ1v) is 6.82. The summed E-state index contributed by atoms with van der Waals surface area (Å²) in [7, 11) is 0. The number of rotatable bonds is 1. The molecule has 18 heavy (non-hydrogen) atoms. The van der Waals surface area contributed by atoms with Crippen LogP contribution >= 0.6 is 28.1 Å². The van der Waals surface area contributed by atoms with E-state index in [1.165, 1.54) is 5.56 Å². The number of fused-ring (bicyclic) bond motifs is 1. The smallest absolute Gasteiger partial charge is 0.182 e. The normalized spacial score (nSPS) is 11.0. The second kappa shape index (κ2) is 4.37. The standard InChI is InChI=1S/C14H11BrN2S/c1-9-5-6-12-13(7-9)17(14(18)16-12)11-4-2-3-10(15)8-11/h2-8H,1H3,(H,16,18). The largest absolute Gasteiger partial charge is 0.330 e. The molecule has 0 atom stereocenters. The van der Waals surface area contributed by atoms with E-state index in [1.807, 2.05) is 12.1 Å². The number of halogens is 1. The van der Waals surface area contributed by atoms with Crippen LogP contribution in [0, 0.1) is 11.7 Å². The van der Waals surface area contributed by atoms with Crippen molar-refractivity contribution in [2.45, 2.75) is 6.92 Å². The number of nitrogens with one attached hydrogen (secondary N) is 1. The van der Waals surface area contributed by atoms with Gasteiger partial charge in [0.1, 0.15) is 0 Å². The number of imidazole rings is 1. The summed E-state index contributed by atoms with van der Waals surface area (Å²) in [6, 6.07) is 14.4. The van der Waals surface area contributed by atoms with E-state index in [2.05, 4.69) is 62.7 Å². The maximum absolute atomic E-state index is 5.41.